The quantitative estimate of drug-likeness (QED) is 0.912. The minimum absolute atomic E-state index is 0.0663. The lowest BCUT2D eigenvalue weighted by molar-refractivity contribution is 0.598. The lowest BCUT2D eigenvalue weighted by Crippen LogP contribution is -2.07. The van der Waals surface area contributed by atoms with Crippen LogP contribution < -0.4 is 5.73 Å². The smallest absolute Gasteiger partial charge is 0.186 e. The summed E-state index contributed by atoms with van der Waals surface area (Å²) in [7, 11) is 0. The molecule has 0 spiro atoms. The molecule has 6 heteroatoms. The second kappa shape index (κ2) is 4.86. The van der Waals surface area contributed by atoms with Crippen molar-refractivity contribution in [1.29, 1.82) is 0 Å². The van der Waals surface area contributed by atoms with E-state index < -0.39 is 11.6 Å². The molecule has 2 aromatic rings. The molecule has 0 saturated carbocycles. The molecule has 1 aromatic heterocycles. The SMILES string of the molecule is Cc1nc(Cc2c(F)cccc2Cl)nc(N)c1F. The highest BCUT2D eigenvalue weighted by Gasteiger charge is 2.13. The Balaban J connectivity index is 2.41. The summed E-state index contributed by atoms with van der Waals surface area (Å²) in [6.07, 6.45) is 0.0663. The lowest BCUT2D eigenvalue weighted by atomic mass is 10.1. The number of nitrogen functional groups attached to an aromatic ring is 1. The highest BCUT2D eigenvalue weighted by atomic mass is 35.5. The number of hydrogen-bond acceptors (Lipinski definition) is 3. The van der Waals surface area contributed by atoms with Gasteiger partial charge in [0.05, 0.1) is 5.69 Å². The summed E-state index contributed by atoms with van der Waals surface area (Å²) >= 11 is 5.89. The highest BCUT2D eigenvalue weighted by Crippen LogP contribution is 2.22. The molecule has 3 nitrogen and oxygen atoms in total. The Labute approximate surface area is 108 Å². The maximum Gasteiger partial charge on any atom is 0.186 e. The largest absolute Gasteiger partial charge is 0.381 e. The van der Waals surface area contributed by atoms with Gasteiger partial charge in [-0.2, -0.15) is 0 Å². The van der Waals surface area contributed by atoms with Gasteiger partial charge in [0.15, 0.2) is 11.6 Å². The Bertz CT molecular complexity index is 559. The fourth-order valence-electron chi connectivity index (χ4n) is 1.58. The number of benzene rings is 1. The first-order valence-corrected chi connectivity index (χ1v) is 5.58. The van der Waals surface area contributed by atoms with Crippen LogP contribution in [-0.4, -0.2) is 9.97 Å². The van der Waals surface area contributed by atoms with Gasteiger partial charge in [-0.3, -0.25) is 0 Å². The van der Waals surface area contributed by atoms with Crippen molar-refractivity contribution in [3.8, 4) is 0 Å². The van der Waals surface area contributed by atoms with E-state index in [2.05, 4.69) is 9.97 Å². The van der Waals surface area contributed by atoms with Crippen LogP contribution in [0.2, 0.25) is 5.02 Å². The van der Waals surface area contributed by atoms with Gasteiger partial charge in [-0.1, -0.05) is 17.7 Å². The van der Waals surface area contributed by atoms with E-state index in [1.165, 1.54) is 19.1 Å². The molecule has 0 aliphatic carbocycles. The number of hydrogen-bond donors (Lipinski definition) is 1. The number of aromatic nitrogens is 2. The van der Waals surface area contributed by atoms with E-state index in [4.69, 9.17) is 17.3 Å². The Hall–Kier alpha value is -1.75. The molecule has 0 saturated heterocycles. The van der Waals surface area contributed by atoms with Crippen molar-refractivity contribution in [3.05, 3.63) is 51.9 Å². The van der Waals surface area contributed by atoms with E-state index in [9.17, 15) is 8.78 Å². The van der Waals surface area contributed by atoms with Crippen LogP contribution in [0.25, 0.3) is 0 Å². The molecule has 0 amide bonds. The summed E-state index contributed by atoms with van der Waals surface area (Å²) in [4.78, 5) is 7.70. The number of aryl methyl sites for hydroxylation is 1. The van der Waals surface area contributed by atoms with Crippen LogP contribution in [0.5, 0.6) is 0 Å². The molecule has 0 fully saturated rings. The summed E-state index contributed by atoms with van der Waals surface area (Å²) in [6.45, 7) is 1.47. The van der Waals surface area contributed by atoms with Crippen LogP contribution in [0.15, 0.2) is 18.2 Å². The van der Waals surface area contributed by atoms with Crippen LogP contribution in [0.3, 0.4) is 0 Å². The molecule has 0 aliphatic rings. The first-order chi connectivity index (χ1) is 8.49. The first kappa shape index (κ1) is 12.7. The zero-order valence-corrected chi connectivity index (χ0v) is 10.3. The Kier molecular flexibility index (Phi) is 3.43. The third-order valence-corrected chi connectivity index (χ3v) is 2.84. The zero-order valence-electron chi connectivity index (χ0n) is 9.54. The molecule has 1 heterocycles. The molecular weight excluding hydrogens is 260 g/mol. The van der Waals surface area contributed by atoms with Crippen molar-refractivity contribution < 1.29 is 8.78 Å². The van der Waals surface area contributed by atoms with Gasteiger partial charge in [0.25, 0.3) is 0 Å². The average Bonchev–Trinajstić information content (AvgIpc) is 2.31. The van der Waals surface area contributed by atoms with E-state index in [0.717, 1.165) is 0 Å². The molecule has 0 unspecified atom stereocenters. The minimum atomic E-state index is -0.654. The number of nitrogens with zero attached hydrogens (tertiary/aromatic N) is 2. The molecule has 18 heavy (non-hydrogen) atoms. The van der Waals surface area contributed by atoms with Crippen molar-refractivity contribution >= 4 is 17.4 Å². The molecule has 2 rings (SSSR count). The third-order valence-electron chi connectivity index (χ3n) is 2.49. The molecule has 94 valence electrons. The predicted octanol–water partition coefficient (Wildman–Crippen LogP) is 2.89. The van der Waals surface area contributed by atoms with Crippen molar-refractivity contribution in [3.63, 3.8) is 0 Å². The minimum Gasteiger partial charge on any atom is -0.381 e. The lowest BCUT2D eigenvalue weighted by Gasteiger charge is -2.07. The molecule has 0 aliphatic heterocycles. The monoisotopic (exact) mass is 269 g/mol. The molecule has 0 radical (unpaired) electrons. The van der Waals surface area contributed by atoms with Gasteiger partial charge < -0.3 is 5.73 Å². The summed E-state index contributed by atoms with van der Waals surface area (Å²) in [6, 6.07) is 4.37. The van der Waals surface area contributed by atoms with Gasteiger partial charge in [-0.25, -0.2) is 18.7 Å². The van der Waals surface area contributed by atoms with Crippen LogP contribution in [-0.2, 0) is 6.42 Å². The summed E-state index contributed by atoms with van der Waals surface area (Å²) in [5, 5.41) is 0.277. The number of anilines is 1. The summed E-state index contributed by atoms with van der Waals surface area (Å²) in [5.74, 6) is -1.12. The molecule has 0 bridgehead atoms. The van der Waals surface area contributed by atoms with Crippen molar-refractivity contribution in [1.82, 2.24) is 9.97 Å². The molecule has 2 N–H and O–H groups in total. The number of rotatable bonds is 2. The maximum atomic E-state index is 13.6. The topological polar surface area (TPSA) is 51.8 Å². The van der Waals surface area contributed by atoms with Crippen molar-refractivity contribution in [2.24, 2.45) is 0 Å². The Morgan fingerprint density at radius 3 is 2.61 bits per heavy atom. The Morgan fingerprint density at radius 1 is 1.28 bits per heavy atom. The molecule has 0 atom stereocenters. The first-order valence-electron chi connectivity index (χ1n) is 5.20. The van der Waals surface area contributed by atoms with E-state index in [0.29, 0.717) is 0 Å². The van der Waals surface area contributed by atoms with Gasteiger partial charge in [0.1, 0.15) is 11.6 Å². The standard InChI is InChI=1S/C12H10ClF2N3/c1-6-11(15)12(16)18-10(17-6)5-7-8(13)3-2-4-9(7)14/h2-4H,5H2,1H3,(H2,16,17,18). The van der Waals surface area contributed by atoms with Gasteiger partial charge in [-0.15, -0.1) is 0 Å². The predicted molar refractivity (Wildman–Crippen MR) is 65.4 cm³/mol. The number of nitrogens with two attached hydrogens (primary N) is 1. The average molecular weight is 270 g/mol. The summed E-state index contributed by atoms with van der Waals surface area (Å²) < 4.78 is 26.8. The van der Waals surface area contributed by atoms with Gasteiger partial charge in [0.2, 0.25) is 0 Å². The fourth-order valence-corrected chi connectivity index (χ4v) is 1.81. The molecule has 1 aromatic carbocycles. The van der Waals surface area contributed by atoms with Crippen LogP contribution in [0, 0.1) is 18.6 Å². The highest BCUT2D eigenvalue weighted by molar-refractivity contribution is 6.31. The van der Waals surface area contributed by atoms with E-state index in [-0.39, 0.29) is 34.3 Å². The van der Waals surface area contributed by atoms with Gasteiger partial charge in [0, 0.05) is 17.0 Å². The third kappa shape index (κ3) is 2.41. The second-order valence-corrected chi connectivity index (χ2v) is 4.21. The van der Waals surface area contributed by atoms with E-state index in [1.807, 2.05) is 0 Å². The zero-order chi connectivity index (χ0) is 13.3. The van der Waals surface area contributed by atoms with Crippen LogP contribution in [0.1, 0.15) is 17.1 Å². The van der Waals surface area contributed by atoms with E-state index in [1.54, 1.807) is 6.07 Å². The second-order valence-electron chi connectivity index (χ2n) is 3.80. The maximum absolute atomic E-state index is 13.6. The molecular formula is C12H10ClF2N3. The Morgan fingerprint density at radius 2 is 2.00 bits per heavy atom. The van der Waals surface area contributed by atoms with Gasteiger partial charge >= 0.3 is 0 Å². The normalized spacial score (nSPS) is 10.7. The number of halogens is 3. The van der Waals surface area contributed by atoms with E-state index >= 15 is 0 Å². The van der Waals surface area contributed by atoms with Crippen LogP contribution in [0.4, 0.5) is 14.6 Å². The summed E-state index contributed by atoms with van der Waals surface area (Å²) in [5.41, 5.74) is 5.80. The fraction of sp³-hybridized carbons (Fsp3) is 0.167. The van der Waals surface area contributed by atoms with Crippen molar-refractivity contribution in [2.45, 2.75) is 13.3 Å². The van der Waals surface area contributed by atoms with Crippen LogP contribution >= 0.6 is 11.6 Å². The van der Waals surface area contributed by atoms with Crippen molar-refractivity contribution in [2.75, 3.05) is 5.73 Å². The van der Waals surface area contributed by atoms with Gasteiger partial charge in [-0.05, 0) is 19.1 Å².